The predicted molar refractivity (Wildman–Crippen MR) is 110 cm³/mol. The molecule has 2 aromatic carbocycles. The minimum Gasteiger partial charge on any atom is -0.347 e. The number of carbonyl (C=O) groups is 1. The molecule has 1 amide bonds. The quantitative estimate of drug-likeness (QED) is 0.749. The van der Waals surface area contributed by atoms with Gasteiger partial charge in [0.15, 0.2) is 0 Å². The summed E-state index contributed by atoms with van der Waals surface area (Å²) in [5.74, 6) is 0.0599. The van der Waals surface area contributed by atoms with E-state index in [4.69, 9.17) is 0 Å². The molecule has 0 bridgehead atoms. The lowest BCUT2D eigenvalue weighted by atomic mass is 9.96. The number of sulfonamides is 1. The molecule has 0 aliphatic heterocycles. The van der Waals surface area contributed by atoms with Crippen molar-refractivity contribution in [2.75, 3.05) is 10.6 Å². The van der Waals surface area contributed by atoms with Crippen LogP contribution in [0.5, 0.6) is 0 Å². The first-order valence-corrected chi connectivity index (χ1v) is 10.9. The highest BCUT2D eigenvalue weighted by atomic mass is 32.2. The molecule has 0 aliphatic carbocycles. The van der Waals surface area contributed by atoms with Crippen molar-refractivity contribution in [1.29, 1.82) is 0 Å². The second-order valence-corrected chi connectivity index (χ2v) is 9.03. The largest absolute Gasteiger partial charge is 0.347 e. The maximum atomic E-state index is 13.0. The standard InChI is InChI=1S/C21H28N2O3S/c1-16(2)15-20(18-11-7-5-8-12-18)22-21(24)17(3)23(27(4,25)26)19-13-9-6-10-14-19/h5-14,16-17,20H,15H2,1-4H3,(H,22,24)/t17-,20+/m1/s1. The Kier molecular flexibility index (Phi) is 7.02. The number of nitrogens with zero attached hydrogens (tertiary/aromatic N) is 1. The van der Waals surface area contributed by atoms with Crippen LogP contribution in [0.25, 0.3) is 0 Å². The Morgan fingerprint density at radius 1 is 0.963 bits per heavy atom. The smallest absolute Gasteiger partial charge is 0.244 e. The normalized spacial score (nSPS) is 13.8. The highest BCUT2D eigenvalue weighted by molar-refractivity contribution is 7.92. The van der Waals surface area contributed by atoms with Crippen molar-refractivity contribution in [2.24, 2.45) is 5.92 Å². The van der Waals surface area contributed by atoms with Crippen molar-refractivity contribution < 1.29 is 13.2 Å². The molecule has 6 heteroatoms. The Labute approximate surface area is 162 Å². The van der Waals surface area contributed by atoms with E-state index in [1.165, 1.54) is 4.31 Å². The predicted octanol–water partition coefficient (Wildman–Crippen LogP) is 3.74. The Morgan fingerprint density at radius 2 is 1.48 bits per heavy atom. The zero-order valence-corrected chi connectivity index (χ0v) is 17.1. The van der Waals surface area contributed by atoms with Crippen LogP contribution in [0.1, 0.15) is 38.8 Å². The summed E-state index contributed by atoms with van der Waals surface area (Å²) < 4.78 is 25.9. The SMILES string of the molecule is CC(C)C[C@H](NC(=O)[C@@H](C)N(c1ccccc1)S(C)(=O)=O)c1ccccc1. The van der Waals surface area contributed by atoms with Crippen LogP contribution in [-0.4, -0.2) is 26.6 Å². The molecular weight excluding hydrogens is 360 g/mol. The van der Waals surface area contributed by atoms with Gasteiger partial charge in [0.1, 0.15) is 6.04 Å². The first kappa shape index (κ1) is 21.0. The summed E-state index contributed by atoms with van der Waals surface area (Å²) in [7, 11) is -3.61. The summed E-state index contributed by atoms with van der Waals surface area (Å²) in [4.78, 5) is 13.0. The highest BCUT2D eigenvalue weighted by Gasteiger charge is 2.30. The van der Waals surface area contributed by atoms with E-state index in [0.29, 0.717) is 11.6 Å². The number of hydrogen-bond donors (Lipinski definition) is 1. The van der Waals surface area contributed by atoms with E-state index in [2.05, 4.69) is 19.2 Å². The van der Waals surface area contributed by atoms with E-state index >= 15 is 0 Å². The van der Waals surface area contributed by atoms with Gasteiger partial charge in [0, 0.05) is 0 Å². The molecule has 5 nitrogen and oxygen atoms in total. The Hall–Kier alpha value is -2.34. The third-order valence-corrected chi connectivity index (χ3v) is 5.57. The van der Waals surface area contributed by atoms with E-state index in [0.717, 1.165) is 18.2 Å². The fourth-order valence-electron chi connectivity index (χ4n) is 3.11. The number of hydrogen-bond acceptors (Lipinski definition) is 3. The van der Waals surface area contributed by atoms with Gasteiger partial charge in [-0.05, 0) is 37.0 Å². The van der Waals surface area contributed by atoms with E-state index in [1.807, 2.05) is 36.4 Å². The summed E-state index contributed by atoms with van der Waals surface area (Å²) in [5.41, 5.74) is 1.49. The Morgan fingerprint density at radius 3 is 1.96 bits per heavy atom. The monoisotopic (exact) mass is 388 g/mol. The van der Waals surface area contributed by atoms with Gasteiger partial charge < -0.3 is 5.32 Å². The van der Waals surface area contributed by atoms with E-state index in [1.54, 1.807) is 31.2 Å². The van der Waals surface area contributed by atoms with Crippen LogP contribution >= 0.6 is 0 Å². The van der Waals surface area contributed by atoms with Gasteiger partial charge >= 0.3 is 0 Å². The van der Waals surface area contributed by atoms with Crippen LogP contribution in [0, 0.1) is 5.92 Å². The van der Waals surface area contributed by atoms with Gasteiger partial charge in [-0.1, -0.05) is 62.4 Å². The molecule has 1 N–H and O–H groups in total. The first-order chi connectivity index (χ1) is 12.7. The molecule has 0 aromatic heterocycles. The molecule has 0 heterocycles. The number of para-hydroxylation sites is 1. The van der Waals surface area contributed by atoms with Gasteiger partial charge in [-0.15, -0.1) is 0 Å². The average molecular weight is 389 g/mol. The zero-order valence-electron chi connectivity index (χ0n) is 16.3. The van der Waals surface area contributed by atoms with Gasteiger partial charge in [0.2, 0.25) is 15.9 Å². The molecule has 0 radical (unpaired) electrons. The van der Waals surface area contributed by atoms with Crippen LogP contribution in [0.4, 0.5) is 5.69 Å². The number of amides is 1. The molecule has 0 saturated heterocycles. The van der Waals surface area contributed by atoms with Crippen LogP contribution in [0.3, 0.4) is 0 Å². The fraction of sp³-hybridized carbons (Fsp3) is 0.381. The van der Waals surface area contributed by atoms with E-state index < -0.39 is 16.1 Å². The second-order valence-electron chi connectivity index (χ2n) is 7.17. The molecular formula is C21H28N2O3S. The molecule has 0 unspecified atom stereocenters. The lowest BCUT2D eigenvalue weighted by molar-refractivity contribution is -0.122. The number of carbonyl (C=O) groups excluding carboxylic acids is 1. The topological polar surface area (TPSA) is 66.5 Å². The fourth-order valence-corrected chi connectivity index (χ4v) is 4.29. The number of benzene rings is 2. The Balaban J connectivity index is 2.27. The van der Waals surface area contributed by atoms with Crippen LogP contribution in [0.15, 0.2) is 60.7 Å². The Bertz CT molecular complexity index is 836. The maximum Gasteiger partial charge on any atom is 0.244 e. The molecule has 146 valence electrons. The number of anilines is 1. The maximum absolute atomic E-state index is 13.0. The van der Waals surface area contributed by atoms with Crippen molar-refractivity contribution in [2.45, 2.75) is 39.3 Å². The molecule has 2 aromatic rings. The van der Waals surface area contributed by atoms with Gasteiger partial charge in [-0.25, -0.2) is 8.42 Å². The zero-order chi connectivity index (χ0) is 20.0. The molecule has 2 rings (SSSR count). The summed E-state index contributed by atoms with van der Waals surface area (Å²) >= 11 is 0. The lowest BCUT2D eigenvalue weighted by Gasteiger charge is -2.30. The minimum atomic E-state index is -3.61. The average Bonchev–Trinajstić information content (AvgIpc) is 2.61. The second kappa shape index (κ2) is 9.04. The van der Waals surface area contributed by atoms with Gasteiger partial charge in [0.05, 0.1) is 18.0 Å². The van der Waals surface area contributed by atoms with Crippen molar-refractivity contribution in [3.63, 3.8) is 0 Å². The number of rotatable bonds is 8. The van der Waals surface area contributed by atoms with Gasteiger partial charge in [0.25, 0.3) is 0 Å². The van der Waals surface area contributed by atoms with Gasteiger partial charge in [-0.2, -0.15) is 0 Å². The van der Waals surface area contributed by atoms with Crippen molar-refractivity contribution in [3.05, 3.63) is 66.2 Å². The van der Waals surface area contributed by atoms with Gasteiger partial charge in [-0.3, -0.25) is 9.10 Å². The van der Waals surface area contributed by atoms with E-state index in [9.17, 15) is 13.2 Å². The molecule has 0 aliphatic rings. The van der Waals surface area contributed by atoms with Crippen LogP contribution in [-0.2, 0) is 14.8 Å². The van der Waals surface area contributed by atoms with Crippen LogP contribution < -0.4 is 9.62 Å². The van der Waals surface area contributed by atoms with Crippen molar-refractivity contribution >= 4 is 21.6 Å². The number of nitrogens with one attached hydrogen (secondary N) is 1. The summed E-state index contributed by atoms with van der Waals surface area (Å²) in [6.07, 6.45) is 1.89. The third kappa shape index (κ3) is 5.82. The van der Waals surface area contributed by atoms with Crippen molar-refractivity contribution in [1.82, 2.24) is 5.32 Å². The van der Waals surface area contributed by atoms with E-state index in [-0.39, 0.29) is 11.9 Å². The van der Waals surface area contributed by atoms with Crippen LogP contribution in [0.2, 0.25) is 0 Å². The lowest BCUT2D eigenvalue weighted by Crippen LogP contribution is -2.48. The molecule has 2 atom stereocenters. The summed E-state index contributed by atoms with van der Waals surface area (Å²) in [5, 5.41) is 3.04. The molecule has 0 fully saturated rings. The minimum absolute atomic E-state index is 0.168. The first-order valence-electron chi connectivity index (χ1n) is 9.10. The molecule has 0 spiro atoms. The van der Waals surface area contributed by atoms with Crippen molar-refractivity contribution in [3.8, 4) is 0 Å². The summed E-state index contributed by atoms with van der Waals surface area (Å²) in [6, 6.07) is 17.4. The molecule has 27 heavy (non-hydrogen) atoms. The summed E-state index contributed by atoms with van der Waals surface area (Å²) in [6.45, 7) is 5.80. The third-order valence-electron chi connectivity index (χ3n) is 4.32. The highest BCUT2D eigenvalue weighted by Crippen LogP contribution is 2.24. The molecule has 0 saturated carbocycles.